The molecule has 9 heteroatoms. The number of rotatable bonds is 7. The van der Waals surface area contributed by atoms with Gasteiger partial charge in [-0.2, -0.15) is 9.97 Å². The molecule has 4 rings (SSSR count). The van der Waals surface area contributed by atoms with Crippen molar-refractivity contribution in [2.75, 3.05) is 32.3 Å². The Labute approximate surface area is 178 Å². The molecule has 1 atom stereocenters. The van der Waals surface area contributed by atoms with E-state index in [9.17, 15) is 4.79 Å². The SMILES string of the molecule is CCc1cccc2sc(N(CC3CCCO3)C(=O)c3cc(OC)nc(OC)n3)nc12. The maximum absolute atomic E-state index is 13.5. The first-order valence-corrected chi connectivity index (χ1v) is 10.7. The first-order valence-electron chi connectivity index (χ1n) is 9.92. The van der Waals surface area contributed by atoms with Gasteiger partial charge in [0.05, 0.1) is 37.1 Å². The molecule has 30 heavy (non-hydrogen) atoms. The fraction of sp³-hybridized carbons (Fsp3) is 0.429. The Bertz CT molecular complexity index is 1030. The number of hydrogen-bond acceptors (Lipinski definition) is 8. The highest BCUT2D eigenvalue weighted by atomic mass is 32.1. The van der Waals surface area contributed by atoms with E-state index in [0.29, 0.717) is 18.3 Å². The van der Waals surface area contributed by atoms with Crippen LogP contribution in [0.2, 0.25) is 0 Å². The van der Waals surface area contributed by atoms with E-state index in [1.807, 2.05) is 12.1 Å². The normalized spacial score (nSPS) is 16.0. The Balaban J connectivity index is 1.75. The molecule has 1 fully saturated rings. The van der Waals surface area contributed by atoms with E-state index in [0.717, 1.165) is 35.0 Å². The molecule has 3 heterocycles. The summed E-state index contributed by atoms with van der Waals surface area (Å²) in [5, 5.41) is 0.628. The summed E-state index contributed by atoms with van der Waals surface area (Å²) >= 11 is 1.49. The monoisotopic (exact) mass is 428 g/mol. The van der Waals surface area contributed by atoms with Crippen LogP contribution in [0.15, 0.2) is 24.3 Å². The Morgan fingerprint density at radius 2 is 2.13 bits per heavy atom. The van der Waals surface area contributed by atoms with Crippen LogP contribution in [0.25, 0.3) is 10.2 Å². The number of aryl methyl sites for hydroxylation is 1. The molecule has 0 bridgehead atoms. The molecule has 1 amide bonds. The van der Waals surface area contributed by atoms with E-state index in [-0.39, 0.29) is 29.6 Å². The highest BCUT2D eigenvalue weighted by Gasteiger charge is 2.29. The smallest absolute Gasteiger partial charge is 0.320 e. The number of fused-ring (bicyclic) bond motifs is 1. The van der Waals surface area contributed by atoms with Crippen LogP contribution in [0.1, 0.15) is 35.8 Å². The molecular formula is C21H24N4O4S. The summed E-state index contributed by atoms with van der Waals surface area (Å²) in [6.45, 7) is 3.22. The fourth-order valence-electron chi connectivity index (χ4n) is 3.48. The quantitative estimate of drug-likeness (QED) is 0.569. The number of amides is 1. The van der Waals surface area contributed by atoms with Crippen LogP contribution < -0.4 is 14.4 Å². The van der Waals surface area contributed by atoms with E-state index < -0.39 is 0 Å². The van der Waals surface area contributed by atoms with Crippen molar-refractivity contribution in [2.24, 2.45) is 0 Å². The summed E-state index contributed by atoms with van der Waals surface area (Å²) in [5.74, 6) is -0.0264. The number of hydrogen-bond donors (Lipinski definition) is 0. The number of methoxy groups -OCH3 is 2. The molecule has 0 N–H and O–H groups in total. The Hall–Kier alpha value is -2.78. The van der Waals surface area contributed by atoms with Crippen molar-refractivity contribution in [3.05, 3.63) is 35.5 Å². The van der Waals surface area contributed by atoms with E-state index in [1.54, 1.807) is 4.90 Å². The third-order valence-electron chi connectivity index (χ3n) is 5.05. The van der Waals surface area contributed by atoms with Crippen LogP contribution in [-0.4, -0.2) is 54.3 Å². The molecule has 8 nitrogen and oxygen atoms in total. The third kappa shape index (κ3) is 4.08. The molecule has 158 valence electrons. The van der Waals surface area contributed by atoms with Gasteiger partial charge in [0, 0.05) is 12.7 Å². The first-order chi connectivity index (χ1) is 14.6. The molecule has 1 aliphatic rings. The highest BCUT2D eigenvalue weighted by molar-refractivity contribution is 7.22. The number of thiazole rings is 1. The van der Waals surface area contributed by atoms with Crippen LogP contribution in [-0.2, 0) is 11.2 Å². The summed E-state index contributed by atoms with van der Waals surface area (Å²) in [7, 11) is 2.94. The minimum atomic E-state index is -0.290. The van der Waals surface area contributed by atoms with Crippen LogP contribution in [0.4, 0.5) is 5.13 Å². The standard InChI is InChI=1S/C21H24N4O4S/c1-4-13-7-5-9-16-18(13)24-21(30-16)25(12-14-8-6-10-29-14)19(26)15-11-17(27-2)23-20(22-15)28-3/h5,7,9,11,14H,4,6,8,10,12H2,1-3H3. The number of benzene rings is 1. The van der Waals surface area contributed by atoms with Crippen molar-refractivity contribution in [3.8, 4) is 11.9 Å². The Morgan fingerprint density at radius 3 is 2.83 bits per heavy atom. The third-order valence-corrected chi connectivity index (χ3v) is 6.09. The minimum absolute atomic E-state index is 0.0303. The number of carbonyl (C=O) groups excluding carboxylic acids is 1. The Morgan fingerprint density at radius 1 is 1.27 bits per heavy atom. The van der Waals surface area contributed by atoms with Crippen LogP contribution in [0, 0.1) is 0 Å². The molecule has 1 aromatic carbocycles. The average Bonchev–Trinajstić information content (AvgIpc) is 3.45. The lowest BCUT2D eigenvalue weighted by Crippen LogP contribution is -2.38. The van der Waals surface area contributed by atoms with Crippen molar-refractivity contribution in [3.63, 3.8) is 0 Å². The largest absolute Gasteiger partial charge is 0.481 e. The lowest BCUT2D eigenvalue weighted by molar-refractivity contribution is 0.0912. The summed E-state index contributed by atoms with van der Waals surface area (Å²) in [5.41, 5.74) is 2.28. The zero-order valence-corrected chi connectivity index (χ0v) is 18.1. The first kappa shape index (κ1) is 20.5. The molecule has 0 spiro atoms. The van der Waals surface area contributed by atoms with Crippen molar-refractivity contribution < 1.29 is 19.0 Å². The van der Waals surface area contributed by atoms with E-state index in [4.69, 9.17) is 19.2 Å². The van der Waals surface area contributed by atoms with Crippen LogP contribution >= 0.6 is 11.3 Å². The second-order valence-electron chi connectivity index (χ2n) is 6.95. The van der Waals surface area contributed by atoms with Gasteiger partial charge in [-0.15, -0.1) is 0 Å². The summed E-state index contributed by atoms with van der Waals surface area (Å²) < 4.78 is 17.2. The van der Waals surface area contributed by atoms with Crippen molar-refractivity contribution in [1.82, 2.24) is 15.0 Å². The van der Waals surface area contributed by atoms with Gasteiger partial charge in [-0.1, -0.05) is 30.4 Å². The zero-order chi connectivity index (χ0) is 21.1. The Kier molecular flexibility index (Phi) is 6.10. The molecule has 3 aromatic rings. The number of ether oxygens (including phenoxy) is 3. The predicted octanol–water partition coefficient (Wildman–Crippen LogP) is 3.49. The van der Waals surface area contributed by atoms with Gasteiger partial charge in [0.2, 0.25) is 5.88 Å². The lowest BCUT2D eigenvalue weighted by atomic mass is 10.1. The second-order valence-corrected chi connectivity index (χ2v) is 7.96. The molecule has 1 aliphatic heterocycles. The molecule has 1 unspecified atom stereocenters. The fourth-order valence-corrected chi connectivity index (χ4v) is 4.50. The van der Waals surface area contributed by atoms with Gasteiger partial charge in [-0.25, -0.2) is 4.98 Å². The molecular weight excluding hydrogens is 404 g/mol. The molecule has 1 saturated heterocycles. The van der Waals surface area contributed by atoms with Gasteiger partial charge in [0.15, 0.2) is 5.13 Å². The maximum Gasteiger partial charge on any atom is 0.320 e. The van der Waals surface area contributed by atoms with Crippen molar-refractivity contribution in [2.45, 2.75) is 32.3 Å². The van der Waals surface area contributed by atoms with Crippen molar-refractivity contribution >= 4 is 32.6 Å². The molecule has 0 radical (unpaired) electrons. The van der Waals surface area contributed by atoms with Gasteiger partial charge in [0.1, 0.15) is 5.69 Å². The van der Waals surface area contributed by atoms with Gasteiger partial charge < -0.3 is 14.2 Å². The number of para-hydroxylation sites is 1. The summed E-state index contributed by atoms with van der Waals surface area (Å²) in [4.78, 5) is 28.3. The number of nitrogens with zero attached hydrogens (tertiary/aromatic N) is 4. The predicted molar refractivity (Wildman–Crippen MR) is 115 cm³/mol. The summed E-state index contributed by atoms with van der Waals surface area (Å²) in [6.07, 6.45) is 2.74. The van der Waals surface area contributed by atoms with Crippen LogP contribution in [0.3, 0.4) is 0 Å². The number of carbonyl (C=O) groups is 1. The average molecular weight is 429 g/mol. The molecule has 0 saturated carbocycles. The van der Waals surface area contributed by atoms with E-state index in [2.05, 4.69) is 23.0 Å². The molecule has 2 aromatic heterocycles. The highest BCUT2D eigenvalue weighted by Crippen LogP contribution is 2.33. The zero-order valence-electron chi connectivity index (χ0n) is 17.3. The second kappa shape index (κ2) is 8.93. The number of anilines is 1. The van der Waals surface area contributed by atoms with Crippen LogP contribution in [0.5, 0.6) is 11.9 Å². The van der Waals surface area contributed by atoms with E-state index >= 15 is 0 Å². The minimum Gasteiger partial charge on any atom is -0.481 e. The topological polar surface area (TPSA) is 86.7 Å². The van der Waals surface area contributed by atoms with Crippen molar-refractivity contribution in [1.29, 1.82) is 0 Å². The molecule has 0 aliphatic carbocycles. The van der Waals surface area contributed by atoms with Gasteiger partial charge in [-0.3, -0.25) is 9.69 Å². The van der Waals surface area contributed by atoms with Gasteiger partial charge >= 0.3 is 6.01 Å². The summed E-state index contributed by atoms with van der Waals surface area (Å²) in [6, 6.07) is 7.71. The van der Waals surface area contributed by atoms with Gasteiger partial charge in [-0.05, 0) is 30.9 Å². The van der Waals surface area contributed by atoms with Gasteiger partial charge in [0.25, 0.3) is 5.91 Å². The number of aromatic nitrogens is 3. The maximum atomic E-state index is 13.5. The lowest BCUT2D eigenvalue weighted by Gasteiger charge is -2.22. The van der Waals surface area contributed by atoms with E-state index in [1.165, 1.54) is 31.6 Å².